The summed E-state index contributed by atoms with van der Waals surface area (Å²) < 4.78 is 1.89. The van der Waals surface area contributed by atoms with Crippen molar-refractivity contribution in [1.29, 1.82) is 0 Å². The van der Waals surface area contributed by atoms with E-state index in [0.717, 1.165) is 36.2 Å². The molecule has 1 aliphatic carbocycles. The molecule has 2 aromatic rings. The van der Waals surface area contributed by atoms with Gasteiger partial charge in [0.05, 0.1) is 6.04 Å². The van der Waals surface area contributed by atoms with E-state index in [9.17, 15) is 14.4 Å². The predicted molar refractivity (Wildman–Crippen MR) is 107 cm³/mol. The zero-order valence-electron chi connectivity index (χ0n) is 17.1. The number of urea groups is 1. The van der Waals surface area contributed by atoms with E-state index < -0.39 is 11.6 Å². The van der Waals surface area contributed by atoms with Gasteiger partial charge in [-0.3, -0.25) is 18.9 Å². The monoisotopic (exact) mass is 410 g/mol. The lowest BCUT2D eigenvalue weighted by atomic mass is 9.77. The first-order chi connectivity index (χ1) is 14.5. The van der Waals surface area contributed by atoms with Crippen LogP contribution in [0.3, 0.4) is 0 Å². The molecule has 1 spiro atoms. The Morgan fingerprint density at radius 1 is 1.20 bits per heavy atom. The number of nitrogens with zero attached hydrogens (tertiary/aromatic N) is 5. The maximum absolute atomic E-state index is 13.2. The van der Waals surface area contributed by atoms with E-state index in [1.165, 1.54) is 0 Å². The number of rotatable bonds is 3. The molecule has 158 valence electrons. The summed E-state index contributed by atoms with van der Waals surface area (Å²) in [5.41, 5.74) is -0.0910. The minimum atomic E-state index is -0.822. The third-order valence-electron chi connectivity index (χ3n) is 6.88. The van der Waals surface area contributed by atoms with E-state index in [-0.39, 0.29) is 24.4 Å². The van der Waals surface area contributed by atoms with Gasteiger partial charge >= 0.3 is 6.03 Å². The van der Waals surface area contributed by atoms with Gasteiger partial charge < -0.3 is 10.2 Å². The summed E-state index contributed by atoms with van der Waals surface area (Å²) in [6.45, 7) is 2.52. The van der Waals surface area contributed by atoms with Crippen LogP contribution in [-0.2, 0) is 9.59 Å². The average Bonchev–Trinajstić information content (AvgIpc) is 3.44. The Labute approximate surface area is 174 Å². The molecule has 1 N–H and O–H groups in total. The van der Waals surface area contributed by atoms with Crippen molar-refractivity contribution in [2.24, 2.45) is 5.92 Å². The van der Waals surface area contributed by atoms with Crippen molar-refractivity contribution in [3.8, 4) is 0 Å². The molecule has 0 bridgehead atoms. The van der Waals surface area contributed by atoms with Crippen LogP contribution < -0.4 is 5.32 Å². The molecule has 3 fully saturated rings. The fourth-order valence-electron chi connectivity index (χ4n) is 5.06. The topological polar surface area (TPSA) is 99.9 Å². The Bertz CT molecular complexity index is 1010. The number of pyridine rings is 1. The minimum Gasteiger partial charge on any atom is -0.331 e. The first kappa shape index (κ1) is 19.0. The zero-order valence-corrected chi connectivity index (χ0v) is 17.1. The summed E-state index contributed by atoms with van der Waals surface area (Å²) in [5, 5.41) is 11.4. The third kappa shape index (κ3) is 2.95. The van der Waals surface area contributed by atoms with Gasteiger partial charge in [-0.05, 0) is 56.6 Å². The standard InChI is InChI=1S/C21H26N6O3/c1-14-7-9-21(10-8-14)19(29)27(20(30)22-21)13-17(28)25-12-4-5-15(25)18-24-23-16-6-2-3-11-26(16)18/h2-3,6,11,14-15H,4-5,7-10,12-13H2,1H3,(H,22,30). The number of aromatic nitrogens is 3. The van der Waals surface area contributed by atoms with Crippen molar-refractivity contribution in [1.82, 2.24) is 29.7 Å². The first-order valence-electron chi connectivity index (χ1n) is 10.7. The van der Waals surface area contributed by atoms with Crippen molar-refractivity contribution < 1.29 is 14.4 Å². The lowest BCUT2D eigenvalue weighted by Gasteiger charge is -2.33. The zero-order chi connectivity index (χ0) is 20.9. The molecule has 4 amide bonds. The van der Waals surface area contributed by atoms with E-state index in [2.05, 4.69) is 22.4 Å². The Morgan fingerprint density at radius 3 is 2.80 bits per heavy atom. The van der Waals surface area contributed by atoms with Gasteiger partial charge in [-0.1, -0.05) is 13.0 Å². The highest BCUT2D eigenvalue weighted by Crippen LogP contribution is 2.37. The molecule has 0 aromatic carbocycles. The lowest BCUT2D eigenvalue weighted by Crippen LogP contribution is -2.50. The first-order valence-corrected chi connectivity index (χ1v) is 10.7. The van der Waals surface area contributed by atoms with E-state index in [1.807, 2.05) is 28.8 Å². The second-order valence-corrected chi connectivity index (χ2v) is 8.82. The smallest absolute Gasteiger partial charge is 0.325 e. The summed E-state index contributed by atoms with van der Waals surface area (Å²) in [6, 6.07) is 5.01. The quantitative estimate of drug-likeness (QED) is 0.779. The summed E-state index contributed by atoms with van der Waals surface area (Å²) in [7, 11) is 0. The second kappa shape index (κ2) is 7.07. The van der Waals surface area contributed by atoms with Gasteiger partial charge in [-0.2, -0.15) is 0 Å². The fourth-order valence-corrected chi connectivity index (χ4v) is 5.06. The maximum atomic E-state index is 13.2. The molecular formula is C21H26N6O3. The summed E-state index contributed by atoms with van der Waals surface area (Å²) >= 11 is 0. The third-order valence-corrected chi connectivity index (χ3v) is 6.88. The Kier molecular flexibility index (Phi) is 4.48. The highest BCUT2D eigenvalue weighted by molar-refractivity contribution is 6.09. The largest absolute Gasteiger partial charge is 0.331 e. The number of fused-ring (bicyclic) bond motifs is 1. The number of carbonyl (C=O) groups is 3. The van der Waals surface area contributed by atoms with Crippen LogP contribution in [0.25, 0.3) is 5.65 Å². The van der Waals surface area contributed by atoms with E-state index >= 15 is 0 Å². The summed E-state index contributed by atoms with van der Waals surface area (Å²) in [5.74, 6) is 0.789. The minimum absolute atomic E-state index is 0.208. The molecule has 2 aliphatic heterocycles. The van der Waals surface area contributed by atoms with Crippen LogP contribution in [0, 0.1) is 5.92 Å². The fraction of sp³-hybridized carbons (Fsp3) is 0.571. The second-order valence-electron chi connectivity index (χ2n) is 8.82. The van der Waals surface area contributed by atoms with Crippen LogP contribution in [0.15, 0.2) is 24.4 Å². The van der Waals surface area contributed by atoms with E-state index in [0.29, 0.717) is 31.1 Å². The molecule has 1 saturated carbocycles. The molecular weight excluding hydrogens is 384 g/mol. The van der Waals surface area contributed by atoms with Crippen molar-refractivity contribution in [3.05, 3.63) is 30.2 Å². The van der Waals surface area contributed by atoms with Crippen LogP contribution in [0.4, 0.5) is 4.79 Å². The molecule has 1 atom stereocenters. The Morgan fingerprint density at radius 2 is 2.00 bits per heavy atom. The molecule has 3 aliphatic rings. The molecule has 9 heteroatoms. The van der Waals surface area contributed by atoms with Crippen molar-refractivity contribution in [2.45, 2.75) is 57.0 Å². The number of hydrogen-bond donors (Lipinski definition) is 1. The van der Waals surface area contributed by atoms with Gasteiger partial charge in [0.1, 0.15) is 12.1 Å². The average molecular weight is 410 g/mol. The van der Waals surface area contributed by atoms with Crippen molar-refractivity contribution in [2.75, 3.05) is 13.1 Å². The lowest BCUT2D eigenvalue weighted by molar-refractivity contribution is -0.140. The highest BCUT2D eigenvalue weighted by atomic mass is 16.2. The predicted octanol–water partition coefficient (Wildman–Crippen LogP) is 1.89. The van der Waals surface area contributed by atoms with Gasteiger partial charge in [-0.25, -0.2) is 4.79 Å². The van der Waals surface area contributed by atoms with Crippen molar-refractivity contribution >= 4 is 23.5 Å². The number of carbonyl (C=O) groups excluding carboxylic acids is 3. The molecule has 5 rings (SSSR count). The summed E-state index contributed by atoms with van der Waals surface area (Å²) in [4.78, 5) is 41.6. The van der Waals surface area contributed by atoms with Crippen LogP contribution in [0.5, 0.6) is 0 Å². The van der Waals surface area contributed by atoms with Gasteiger partial charge in [0.2, 0.25) is 5.91 Å². The number of amides is 4. The normalized spacial score (nSPS) is 29.2. The van der Waals surface area contributed by atoms with Crippen LogP contribution in [0.2, 0.25) is 0 Å². The van der Waals surface area contributed by atoms with Gasteiger partial charge in [-0.15, -0.1) is 10.2 Å². The van der Waals surface area contributed by atoms with E-state index in [4.69, 9.17) is 0 Å². The van der Waals surface area contributed by atoms with E-state index in [1.54, 1.807) is 4.90 Å². The number of hydrogen-bond acceptors (Lipinski definition) is 5. The number of nitrogens with one attached hydrogen (secondary N) is 1. The molecule has 2 aromatic heterocycles. The molecule has 9 nitrogen and oxygen atoms in total. The van der Waals surface area contributed by atoms with Gasteiger partial charge in [0.15, 0.2) is 11.5 Å². The number of imide groups is 1. The molecule has 30 heavy (non-hydrogen) atoms. The SMILES string of the molecule is CC1CCC2(CC1)NC(=O)N(CC(=O)N1CCCC1c1nnc3ccccn13)C2=O. The molecule has 0 radical (unpaired) electrons. The van der Waals surface area contributed by atoms with Crippen molar-refractivity contribution in [3.63, 3.8) is 0 Å². The van der Waals surface area contributed by atoms with Gasteiger partial charge in [0, 0.05) is 12.7 Å². The molecule has 2 saturated heterocycles. The van der Waals surface area contributed by atoms with Crippen LogP contribution in [-0.4, -0.2) is 60.9 Å². The van der Waals surface area contributed by atoms with Crippen LogP contribution in [0.1, 0.15) is 57.3 Å². The number of likely N-dealkylation sites (tertiary alicyclic amines) is 1. The molecule has 4 heterocycles. The van der Waals surface area contributed by atoms with Crippen LogP contribution >= 0.6 is 0 Å². The van der Waals surface area contributed by atoms with Gasteiger partial charge in [0.25, 0.3) is 5.91 Å². The summed E-state index contributed by atoms with van der Waals surface area (Å²) in [6.07, 6.45) is 6.60. The highest BCUT2D eigenvalue weighted by Gasteiger charge is 2.52. The molecule has 1 unspecified atom stereocenters. The maximum Gasteiger partial charge on any atom is 0.325 e. The Hall–Kier alpha value is -2.97. The Balaban J connectivity index is 1.33.